The van der Waals surface area contributed by atoms with Crippen molar-refractivity contribution in [2.75, 3.05) is 32.1 Å². The quantitative estimate of drug-likeness (QED) is 0.631. The van der Waals surface area contributed by atoms with Gasteiger partial charge in [0.2, 0.25) is 18.3 Å². The third-order valence-corrected chi connectivity index (χ3v) is 6.20. The summed E-state index contributed by atoms with van der Waals surface area (Å²) in [5, 5.41) is 2.78. The number of alkyl halides is 2. The molecular formula is C23H29F2N4O3+. The number of halogens is 2. The summed E-state index contributed by atoms with van der Waals surface area (Å²) in [6.45, 7) is 2.65. The van der Waals surface area contributed by atoms with Crippen LogP contribution in [0.15, 0.2) is 42.9 Å². The Balaban J connectivity index is 1.37. The molecule has 1 saturated heterocycles. The predicted octanol–water partition coefficient (Wildman–Crippen LogP) is 2.67. The van der Waals surface area contributed by atoms with Crippen LogP contribution in [0, 0.1) is 5.92 Å². The summed E-state index contributed by atoms with van der Waals surface area (Å²) in [5.41, 5.74) is 0.518. The van der Waals surface area contributed by atoms with E-state index < -0.39 is 17.9 Å². The van der Waals surface area contributed by atoms with E-state index in [-0.39, 0.29) is 25.4 Å². The molecule has 4 rings (SSSR count). The van der Waals surface area contributed by atoms with Crippen LogP contribution in [0.4, 0.5) is 14.6 Å². The SMILES string of the molecule is CO[n+]1ccc([C@H]2CN([C@@H](C)C(=O)Nc3ccc(OCC4CC4)cn3)CCC2(F)F)cc1. The Labute approximate surface area is 186 Å². The number of ether oxygens (including phenoxy) is 1. The van der Waals surface area contributed by atoms with Crippen LogP contribution >= 0.6 is 0 Å². The Morgan fingerprint density at radius 3 is 2.69 bits per heavy atom. The number of hydrogen-bond donors (Lipinski definition) is 1. The van der Waals surface area contributed by atoms with Crippen molar-refractivity contribution >= 4 is 11.7 Å². The van der Waals surface area contributed by atoms with Crippen molar-refractivity contribution in [1.82, 2.24) is 9.88 Å². The molecule has 1 N–H and O–H groups in total. The molecule has 2 fully saturated rings. The molecule has 1 aliphatic heterocycles. The fraction of sp³-hybridized carbons (Fsp3) is 0.522. The summed E-state index contributed by atoms with van der Waals surface area (Å²) >= 11 is 0. The number of rotatable bonds is 8. The molecule has 0 bridgehead atoms. The number of anilines is 1. The van der Waals surface area contributed by atoms with E-state index in [1.54, 1.807) is 54.7 Å². The molecule has 2 aromatic rings. The van der Waals surface area contributed by atoms with Gasteiger partial charge in [-0.25, -0.2) is 13.8 Å². The first-order valence-corrected chi connectivity index (χ1v) is 10.9. The summed E-state index contributed by atoms with van der Waals surface area (Å²) in [5.74, 6) is -2.40. The fourth-order valence-electron chi connectivity index (χ4n) is 3.84. The van der Waals surface area contributed by atoms with Gasteiger partial charge in [-0.15, -0.1) is 0 Å². The minimum absolute atomic E-state index is 0.0833. The van der Waals surface area contributed by atoms with E-state index in [0.717, 1.165) is 0 Å². The average Bonchev–Trinajstić information content (AvgIpc) is 3.63. The van der Waals surface area contributed by atoms with E-state index >= 15 is 0 Å². The lowest BCUT2D eigenvalue weighted by atomic mass is 9.87. The molecule has 1 amide bonds. The van der Waals surface area contributed by atoms with E-state index in [9.17, 15) is 13.6 Å². The summed E-state index contributed by atoms with van der Waals surface area (Å²) < 4.78 is 36.5. The van der Waals surface area contributed by atoms with Crippen molar-refractivity contribution in [3.8, 4) is 5.75 Å². The predicted molar refractivity (Wildman–Crippen MR) is 114 cm³/mol. The van der Waals surface area contributed by atoms with Crippen LogP contribution in [0.2, 0.25) is 0 Å². The van der Waals surface area contributed by atoms with Gasteiger partial charge in [0, 0.05) is 36.4 Å². The highest BCUT2D eigenvalue weighted by Gasteiger charge is 2.46. The lowest BCUT2D eigenvalue weighted by molar-refractivity contribution is -0.885. The topological polar surface area (TPSA) is 67.6 Å². The van der Waals surface area contributed by atoms with E-state index in [4.69, 9.17) is 9.57 Å². The molecule has 1 saturated carbocycles. The van der Waals surface area contributed by atoms with Gasteiger partial charge in [-0.3, -0.25) is 14.5 Å². The van der Waals surface area contributed by atoms with Crippen LogP contribution in [-0.4, -0.2) is 54.6 Å². The lowest BCUT2D eigenvalue weighted by Crippen LogP contribution is -2.52. The van der Waals surface area contributed by atoms with Gasteiger partial charge in [-0.2, -0.15) is 0 Å². The number of carbonyl (C=O) groups excluding carboxylic acids is 1. The second-order valence-electron chi connectivity index (χ2n) is 8.53. The lowest BCUT2D eigenvalue weighted by Gasteiger charge is -2.40. The maximum atomic E-state index is 14.7. The van der Waals surface area contributed by atoms with Crippen molar-refractivity contribution in [2.24, 2.45) is 5.92 Å². The third kappa shape index (κ3) is 5.32. The number of pyridine rings is 2. The number of likely N-dealkylation sites (tertiary alicyclic amines) is 1. The van der Waals surface area contributed by atoms with Gasteiger partial charge < -0.3 is 10.1 Å². The van der Waals surface area contributed by atoms with Crippen LogP contribution in [0.25, 0.3) is 0 Å². The molecule has 9 heteroatoms. The highest BCUT2D eigenvalue weighted by molar-refractivity contribution is 5.93. The summed E-state index contributed by atoms with van der Waals surface area (Å²) in [6, 6.07) is 6.15. The summed E-state index contributed by atoms with van der Waals surface area (Å²) in [4.78, 5) is 23.8. The molecule has 3 heterocycles. The second-order valence-corrected chi connectivity index (χ2v) is 8.53. The number of piperidine rings is 1. The van der Waals surface area contributed by atoms with Crippen molar-refractivity contribution in [2.45, 2.75) is 44.1 Å². The molecule has 32 heavy (non-hydrogen) atoms. The van der Waals surface area contributed by atoms with Gasteiger partial charge in [-0.1, -0.05) is 0 Å². The van der Waals surface area contributed by atoms with Crippen molar-refractivity contribution < 1.29 is 27.9 Å². The second kappa shape index (κ2) is 9.36. The van der Waals surface area contributed by atoms with E-state index in [2.05, 4.69) is 10.3 Å². The molecule has 7 nitrogen and oxygen atoms in total. The monoisotopic (exact) mass is 447 g/mol. The molecule has 0 radical (unpaired) electrons. The summed E-state index contributed by atoms with van der Waals surface area (Å²) in [7, 11) is 1.50. The zero-order valence-corrected chi connectivity index (χ0v) is 18.3. The molecule has 1 aliphatic carbocycles. The molecule has 0 aromatic carbocycles. The average molecular weight is 448 g/mol. The largest absolute Gasteiger partial charge is 0.492 e. The van der Waals surface area contributed by atoms with Crippen LogP contribution < -0.4 is 19.6 Å². The maximum absolute atomic E-state index is 14.7. The Morgan fingerprint density at radius 2 is 2.06 bits per heavy atom. The number of nitrogens with one attached hydrogen (secondary N) is 1. The first-order chi connectivity index (χ1) is 15.4. The standard InChI is InChI=1S/C23H28F2N4O3/c1-16(22(30)27-21-6-5-19(13-26-21)32-15-17-3-4-17)28-12-9-23(24,25)20(14-28)18-7-10-29(31-2)11-8-18/h5-8,10-11,13,16-17,20H,3-4,9,12,14-15H2,1-2H3/p+1/t16-,20+/m0/s1. The Bertz CT molecular complexity index is 920. The first kappa shape index (κ1) is 22.4. The molecule has 2 aliphatic rings. The van der Waals surface area contributed by atoms with Gasteiger partial charge in [-0.05, 0) is 43.4 Å². The van der Waals surface area contributed by atoms with Crippen LogP contribution in [0.5, 0.6) is 5.75 Å². The molecule has 172 valence electrons. The van der Waals surface area contributed by atoms with Crippen molar-refractivity contribution in [3.05, 3.63) is 48.4 Å². The number of hydrogen-bond acceptors (Lipinski definition) is 5. The summed E-state index contributed by atoms with van der Waals surface area (Å²) in [6.07, 6.45) is 6.90. The Kier molecular flexibility index (Phi) is 6.55. The van der Waals surface area contributed by atoms with Crippen LogP contribution in [0.3, 0.4) is 0 Å². The van der Waals surface area contributed by atoms with Crippen molar-refractivity contribution in [3.63, 3.8) is 0 Å². The number of aromatic nitrogens is 2. The third-order valence-electron chi connectivity index (χ3n) is 6.20. The molecule has 0 spiro atoms. The van der Waals surface area contributed by atoms with Crippen LogP contribution in [0.1, 0.15) is 37.7 Å². The van der Waals surface area contributed by atoms with Crippen LogP contribution in [-0.2, 0) is 4.79 Å². The van der Waals surface area contributed by atoms with E-state index in [1.165, 1.54) is 24.7 Å². The van der Waals surface area contributed by atoms with Gasteiger partial charge in [0.15, 0.2) is 0 Å². The smallest absolute Gasteiger partial charge is 0.257 e. The maximum Gasteiger partial charge on any atom is 0.257 e. The fourth-order valence-corrected chi connectivity index (χ4v) is 3.84. The van der Waals surface area contributed by atoms with Gasteiger partial charge in [0.25, 0.3) is 5.92 Å². The number of carbonyl (C=O) groups is 1. The van der Waals surface area contributed by atoms with Gasteiger partial charge in [0.1, 0.15) is 18.7 Å². The molecular weight excluding hydrogens is 418 g/mol. The number of nitrogens with zero attached hydrogens (tertiary/aromatic N) is 3. The zero-order valence-electron chi connectivity index (χ0n) is 18.3. The molecule has 2 atom stereocenters. The van der Waals surface area contributed by atoms with Crippen molar-refractivity contribution in [1.29, 1.82) is 0 Å². The Hall–Kier alpha value is -2.81. The zero-order chi connectivity index (χ0) is 22.7. The normalized spacial score (nSPS) is 21.6. The minimum Gasteiger partial charge on any atom is -0.492 e. The van der Waals surface area contributed by atoms with E-state index in [1.807, 2.05) is 0 Å². The highest BCUT2D eigenvalue weighted by atomic mass is 19.3. The number of amides is 1. The highest BCUT2D eigenvalue weighted by Crippen LogP contribution is 2.40. The first-order valence-electron chi connectivity index (χ1n) is 10.9. The molecule has 0 unspecified atom stereocenters. The minimum atomic E-state index is -2.84. The van der Waals surface area contributed by atoms with Gasteiger partial charge >= 0.3 is 0 Å². The van der Waals surface area contributed by atoms with E-state index in [0.29, 0.717) is 29.7 Å². The molecule has 2 aromatic heterocycles. The van der Waals surface area contributed by atoms with Gasteiger partial charge in [0.05, 0.1) is 24.8 Å². The Morgan fingerprint density at radius 1 is 1.31 bits per heavy atom.